The fourth-order valence-corrected chi connectivity index (χ4v) is 3.30. The zero-order valence-electron chi connectivity index (χ0n) is 13.0. The minimum Gasteiger partial charge on any atom is -0.325 e. The first-order valence-corrected chi connectivity index (χ1v) is 8.98. The highest BCUT2D eigenvalue weighted by molar-refractivity contribution is 7.84. The molecule has 0 spiro atoms. The van der Waals surface area contributed by atoms with Crippen LogP contribution in [0.15, 0.2) is 73.1 Å². The van der Waals surface area contributed by atoms with Crippen molar-refractivity contribution in [2.75, 3.05) is 11.1 Å². The van der Waals surface area contributed by atoms with Crippen molar-refractivity contribution < 1.29 is 9.00 Å². The zero-order valence-corrected chi connectivity index (χ0v) is 13.8. The Balaban J connectivity index is 1.54. The SMILES string of the molecule is O=C(C[S@@](=O)Cc1ccc(-n2cccn2)cc1)Nc1ccccc1. The van der Waals surface area contributed by atoms with Crippen molar-refractivity contribution in [3.8, 4) is 5.69 Å². The minimum absolute atomic E-state index is 0.0181. The van der Waals surface area contributed by atoms with Crippen LogP contribution in [0.4, 0.5) is 5.69 Å². The first-order chi connectivity index (χ1) is 11.7. The highest BCUT2D eigenvalue weighted by Gasteiger charge is 2.09. The van der Waals surface area contributed by atoms with Crippen LogP contribution in [0.5, 0.6) is 0 Å². The van der Waals surface area contributed by atoms with E-state index in [4.69, 9.17) is 0 Å². The Kier molecular flexibility index (Phi) is 5.18. The summed E-state index contributed by atoms with van der Waals surface area (Å²) in [7, 11) is -1.25. The summed E-state index contributed by atoms with van der Waals surface area (Å²) < 4.78 is 13.9. The van der Waals surface area contributed by atoms with Crippen LogP contribution in [0.25, 0.3) is 5.69 Å². The summed E-state index contributed by atoms with van der Waals surface area (Å²) in [5.74, 6) is 0.0879. The highest BCUT2D eigenvalue weighted by Crippen LogP contribution is 2.11. The average Bonchev–Trinajstić information content (AvgIpc) is 3.10. The van der Waals surface area contributed by atoms with Gasteiger partial charge >= 0.3 is 0 Å². The Labute approximate surface area is 142 Å². The smallest absolute Gasteiger partial charge is 0.237 e. The van der Waals surface area contributed by atoms with Crippen molar-refractivity contribution in [3.05, 3.63) is 78.6 Å². The van der Waals surface area contributed by atoms with E-state index in [0.29, 0.717) is 11.4 Å². The van der Waals surface area contributed by atoms with Gasteiger partial charge in [-0.05, 0) is 35.9 Å². The third-order valence-electron chi connectivity index (χ3n) is 3.38. The van der Waals surface area contributed by atoms with Crippen LogP contribution >= 0.6 is 0 Å². The molecular weight excluding hydrogens is 322 g/mol. The van der Waals surface area contributed by atoms with Crippen molar-refractivity contribution in [2.24, 2.45) is 0 Å². The van der Waals surface area contributed by atoms with Crippen LogP contribution in [0.1, 0.15) is 5.56 Å². The molecule has 1 N–H and O–H groups in total. The van der Waals surface area contributed by atoms with Gasteiger partial charge in [-0.15, -0.1) is 0 Å². The fraction of sp³-hybridized carbons (Fsp3) is 0.111. The molecule has 3 aromatic rings. The second kappa shape index (κ2) is 7.70. The Morgan fingerprint density at radius 3 is 2.46 bits per heavy atom. The Morgan fingerprint density at radius 2 is 1.79 bits per heavy atom. The number of carbonyl (C=O) groups is 1. The molecule has 1 amide bonds. The molecule has 0 fully saturated rings. The summed E-state index contributed by atoms with van der Waals surface area (Å²) in [5.41, 5.74) is 2.58. The van der Waals surface area contributed by atoms with Gasteiger partial charge in [-0.3, -0.25) is 9.00 Å². The minimum atomic E-state index is -1.25. The molecule has 0 unspecified atom stereocenters. The zero-order chi connectivity index (χ0) is 16.8. The highest BCUT2D eigenvalue weighted by atomic mass is 32.2. The van der Waals surface area contributed by atoms with Crippen molar-refractivity contribution in [1.29, 1.82) is 0 Å². The molecule has 0 aliphatic carbocycles. The number of para-hydroxylation sites is 1. The van der Waals surface area contributed by atoms with E-state index in [1.165, 1.54) is 0 Å². The number of hydrogen-bond acceptors (Lipinski definition) is 3. The summed E-state index contributed by atoms with van der Waals surface area (Å²) >= 11 is 0. The van der Waals surface area contributed by atoms with Crippen molar-refractivity contribution in [2.45, 2.75) is 5.75 Å². The molecule has 0 saturated heterocycles. The maximum Gasteiger partial charge on any atom is 0.237 e. The Bertz CT molecular complexity index is 815. The van der Waals surface area contributed by atoms with Crippen LogP contribution in [0.2, 0.25) is 0 Å². The second-order valence-corrected chi connectivity index (χ2v) is 6.72. The normalized spacial score (nSPS) is 11.8. The predicted molar refractivity (Wildman–Crippen MR) is 95.3 cm³/mol. The standard InChI is InChI=1S/C18H17N3O2S/c22-18(20-16-5-2-1-3-6-16)14-24(23)13-15-7-9-17(10-8-15)21-12-4-11-19-21/h1-12H,13-14H2,(H,20,22)/t24-/m0/s1. The molecule has 24 heavy (non-hydrogen) atoms. The molecule has 0 aliphatic heterocycles. The number of benzene rings is 2. The molecule has 0 aliphatic rings. The summed E-state index contributed by atoms with van der Waals surface area (Å²) in [5, 5.41) is 6.90. The monoisotopic (exact) mass is 339 g/mol. The van der Waals surface area contributed by atoms with E-state index in [2.05, 4.69) is 10.4 Å². The van der Waals surface area contributed by atoms with Crippen LogP contribution < -0.4 is 5.32 Å². The first kappa shape index (κ1) is 16.1. The van der Waals surface area contributed by atoms with Crippen LogP contribution in [0.3, 0.4) is 0 Å². The lowest BCUT2D eigenvalue weighted by Gasteiger charge is -2.06. The van der Waals surface area contributed by atoms with E-state index < -0.39 is 10.8 Å². The van der Waals surface area contributed by atoms with Crippen LogP contribution in [-0.2, 0) is 21.3 Å². The lowest BCUT2D eigenvalue weighted by molar-refractivity contribution is -0.113. The summed E-state index contributed by atoms with van der Waals surface area (Å²) in [4.78, 5) is 11.9. The van der Waals surface area contributed by atoms with Crippen molar-refractivity contribution in [3.63, 3.8) is 0 Å². The van der Waals surface area contributed by atoms with Crippen molar-refractivity contribution in [1.82, 2.24) is 9.78 Å². The number of rotatable bonds is 6. The predicted octanol–water partition coefficient (Wildman–Crippen LogP) is 2.76. The first-order valence-electron chi connectivity index (χ1n) is 7.49. The van der Waals surface area contributed by atoms with Crippen LogP contribution in [-0.4, -0.2) is 25.6 Å². The number of amides is 1. The van der Waals surface area contributed by atoms with Gasteiger partial charge in [0.25, 0.3) is 0 Å². The number of anilines is 1. The molecule has 1 aromatic heterocycles. The number of aromatic nitrogens is 2. The molecule has 1 atom stereocenters. The lowest BCUT2D eigenvalue weighted by Crippen LogP contribution is -2.20. The molecule has 3 rings (SSSR count). The number of carbonyl (C=O) groups excluding carboxylic acids is 1. The molecule has 6 heteroatoms. The molecule has 5 nitrogen and oxygen atoms in total. The molecule has 0 saturated carbocycles. The molecular formula is C18H17N3O2S. The van der Waals surface area contributed by atoms with Crippen LogP contribution in [0, 0.1) is 0 Å². The third-order valence-corrected chi connectivity index (χ3v) is 4.62. The maximum atomic E-state index is 12.2. The Hall–Kier alpha value is -2.73. The van der Waals surface area contributed by atoms with E-state index in [-0.39, 0.29) is 11.7 Å². The average molecular weight is 339 g/mol. The summed E-state index contributed by atoms with van der Waals surface area (Å²) in [6.45, 7) is 0. The molecule has 2 aromatic carbocycles. The summed E-state index contributed by atoms with van der Waals surface area (Å²) in [6, 6.07) is 18.7. The number of nitrogens with zero attached hydrogens (tertiary/aromatic N) is 2. The molecule has 0 bridgehead atoms. The van der Waals surface area contributed by atoms with Gasteiger partial charge < -0.3 is 5.32 Å². The topological polar surface area (TPSA) is 64.0 Å². The van der Waals surface area contributed by atoms with Gasteiger partial charge in [0, 0.05) is 34.6 Å². The van der Waals surface area contributed by atoms with E-state index >= 15 is 0 Å². The van der Waals surface area contributed by atoms with E-state index in [0.717, 1.165) is 11.3 Å². The summed E-state index contributed by atoms with van der Waals surface area (Å²) in [6.07, 6.45) is 3.58. The quantitative estimate of drug-likeness (QED) is 0.751. The van der Waals surface area contributed by atoms with E-state index in [9.17, 15) is 9.00 Å². The van der Waals surface area contributed by atoms with Gasteiger partial charge in [0.2, 0.25) is 5.91 Å². The second-order valence-electron chi connectivity index (χ2n) is 5.26. The van der Waals surface area contributed by atoms with E-state index in [1.807, 2.05) is 54.7 Å². The lowest BCUT2D eigenvalue weighted by atomic mass is 10.2. The van der Waals surface area contributed by atoms with E-state index in [1.54, 1.807) is 23.0 Å². The van der Waals surface area contributed by atoms with Crippen molar-refractivity contribution >= 4 is 22.4 Å². The van der Waals surface area contributed by atoms with Gasteiger partial charge in [-0.25, -0.2) is 4.68 Å². The van der Waals surface area contributed by atoms with Gasteiger partial charge in [0.1, 0.15) is 5.75 Å². The van der Waals surface area contributed by atoms with Gasteiger partial charge in [-0.1, -0.05) is 30.3 Å². The number of nitrogens with one attached hydrogen (secondary N) is 1. The largest absolute Gasteiger partial charge is 0.325 e. The van der Waals surface area contributed by atoms with Gasteiger partial charge in [0.15, 0.2) is 0 Å². The molecule has 0 radical (unpaired) electrons. The van der Waals surface area contributed by atoms with Gasteiger partial charge in [-0.2, -0.15) is 5.10 Å². The molecule has 1 heterocycles. The third kappa shape index (κ3) is 4.39. The number of hydrogen-bond donors (Lipinski definition) is 1. The fourth-order valence-electron chi connectivity index (χ4n) is 2.27. The Morgan fingerprint density at radius 1 is 1.04 bits per heavy atom. The van der Waals surface area contributed by atoms with Gasteiger partial charge in [0.05, 0.1) is 5.69 Å². The molecule has 122 valence electrons. The maximum absolute atomic E-state index is 12.2.